The van der Waals surface area contributed by atoms with Crippen molar-refractivity contribution in [3.05, 3.63) is 59.1 Å². The molecule has 0 saturated heterocycles. The van der Waals surface area contributed by atoms with E-state index in [1.165, 1.54) is 18.2 Å². The molecule has 0 heterocycles. The van der Waals surface area contributed by atoms with Gasteiger partial charge in [0.2, 0.25) is 0 Å². The van der Waals surface area contributed by atoms with Gasteiger partial charge in [0, 0.05) is 18.8 Å². The first kappa shape index (κ1) is 18.7. The van der Waals surface area contributed by atoms with Gasteiger partial charge in [-0.15, -0.1) is 0 Å². The molecule has 1 aliphatic carbocycles. The Hall–Kier alpha value is -2.05. The zero-order valence-electron chi connectivity index (χ0n) is 14.5. The maximum absolute atomic E-state index is 12.8. The van der Waals surface area contributed by atoms with E-state index in [0.717, 1.165) is 25.7 Å². The average molecular weight is 393 g/mol. The van der Waals surface area contributed by atoms with Crippen molar-refractivity contribution in [2.24, 2.45) is 0 Å². The summed E-state index contributed by atoms with van der Waals surface area (Å²) in [7, 11) is -1.95. The fourth-order valence-electron chi connectivity index (χ4n) is 3.21. The maximum Gasteiger partial charge on any atom is 0.261 e. The molecule has 1 saturated carbocycles. The Bertz CT molecular complexity index is 894. The highest BCUT2D eigenvalue weighted by Gasteiger charge is 2.26. The maximum atomic E-state index is 12.8. The summed E-state index contributed by atoms with van der Waals surface area (Å²) >= 11 is 6.21. The van der Waals surface area contributed by atoms with Gasteiger partial charge in [-0.3, -0.25) is 9.52 Å². The van der Waals surface area contributed by atoms with E-state index in [-0.39, 0.29) is 16.8 Å². The van der Waals surface area contributed by atoms with Crippen molar-refractivity contribution in [3.63, 3.8) is 0 Å². The Balaban J connectivity index is 1.84. The van der Waals surface area contributed by atoms with Gasteiger partial charge in [0.25, 0.3) is 15.9 Å². The third-order valence-corrected chi connectivity index (χ3v) is 6.42. The summed E-state index contributed by atoms with van der Waals surface area (Å²) < 4.78 is 27.5. The Morgan fingerprint density at radius 3 is 2.42 bits per heavy atom. The second kappa shape index (κ2) is 7.68. The normalized spacial score (nSPS) is 15.0. The molecule has 3 rings (SSSR count). The summed E-state index contributed by atoms with van der Waals surface area (Å²) in [5.41, 5.74) is 0.607. The van der Waals surface area contributed by atoms with Crippen LogP contribution in [0.5, 0.6) is 0 Å². The lowest BCUT2D eigenvalue weighted by Crippen LogP contribution is -2.35. The quantitative estimate of drug-likeness (QED) is 0.830. The number of rotatable bonds is 5. The van der Waals surface area contributed by atoms with Gasteiger partial charge in [0.05, 0.1) is 15.5 Å². The molecule has 2 aromatic carbocycles. The van der Waals surface area contributed by atoms with Gasteiger partial charge in [-0.1, -0.05) is 42.6 Å². The first-order chi connectivity index (χ1) is 12.4. The van der Waals surface area contributed by atoms with E-state index in [2.05, 4.69) is 4.72 Å². The fourth-order valence-corrected chi connectivity index (χ4v) is 4.48. The monoisotopic (exact) mass is 392 g/mol. The van der Waals surface area contributed by atoms with Crippen molar-refractivity contribution in [3.8, 4) is 0 Å². The molecule has 7 heteroatoms. The number of nitrogens with zero attached hydrogens (tertiary/aromatic N) is 1. The number of halogens is 1. The van der Waals surface area contributed by atoms with Crippen LogP contribution in [0.4, 0.5) is 5.69 Å². The summed E-state index contributed by atoms with van der Waals surface area (Å²) in [6.45, 7) is 0. The molecule has 0 spiro atoms. The molecule has 0 bridgehead atoms. The second-order valence-electron chi connectivity index (χ2n) is 6.47. The van der Waals surface area contributed by atoms with E-state index in [9.17, 15) is 13.2 Å². The lowest BCUT2D eigenvalue weighted by atomic mass is 10.1. The summed E-state index contributed by atoms with van der Waals surface area (Å²) in [4.78, 5) is 14.7. The smallest absolute Gasteiger partial charge is 0.261 e. The number of nitrogens with one attached hydrogen (secondary N) is 1. The predicted molar refractivity (Wildman–Crippen MR) is 103 cm³/mol. The summed E-state index contributed by atoms with van der Waals surface area (Å²) in [5.74, 6) is -0.192. The van der Waals surface area contributed by atoms with Crippen LogP contribution in [0, 0.1) is 0 Å². The van der Waals surface area contributed by atoms with Gasteiger partial charge in [-0.2, -0.15) is 0 Å². The Morgan fingerprint density at radius 2 is 1.77 bits per heavy atom. The van der Waals surface area contributed by atoms with Crippen LogP contribution in [0.2, 0.25) is 5.02 Å². The van der Waals surface area contributed by atoms with Crippen molar-refractivity contribution in [1.82, 2.24) is 4.90 Å². The van der Waals surface area contributed by atoms with Crippen molar-refractivity contribution >= 4 is 33.2 Å². The molecule has 1 amide bonds. The predicted octanol–water partition coefficient (Wildman–Crippen LogP) is 4.16. The van der Waals surface area contributed by atoms with Crippen molar-refractivity contribution < 1.29 is 13.2 Å². The molecule has 0 radical (unpaired) electrons. The minimum atomic E-state index is -3.72. The SMILES string of the molecule is CN(C(=O)c1cc(NS(=O)(=O)c2ccccc2)ccc1Cl)C1CCCC1. The average Bonchev–Trinajstić information content (AvgIpc) is 3.17. The molecular weight excluding hydrogens is 372 g/mol. The highest BCUT2D eigenvalue weighted by Crippen LogP contribution is 2.28. The van der Waals surface area contributed by atoms with Crippen LogP contribution in [0.25, 0.3) is 0 Å². The fraction of sp³-hybridized carbons (Fsp3) is 0.316. The molecule has 1 N–H and O–H groups in total. The van der Waals surface area contributed by atoms with Gasteiger partial charge >= 0.3 is 0 Å². The number of hydrogen-bond donors (Lipinski definition) is 1. The van der Waals surface area contributed by atoms with Crippen molar-refractivity contribution in [2.75, 3.05) is 11.8 Å². The minimum Gasteiger partial charge on any atom is -0.339 e. The number of hydrogen-bond acceptors (Lipinski definition) is 3. The number of amides is 1. The number of sulfonamides is 1. The van der Waals surface area contributed by atoms with Gasteiger partial charge in [-0.05, 0) is 43.2 Å². The Morgan fingerprint density at radius 1 is 1.12 bits per heavy atom. The molecule has 2 aromatic rings. The standard InChI is InChI=1S/C19H21ClN2O3S/c1-22(15-7-5-6-8-15)19(23)17-13-14(11-12-18(17)20)21-26(24,25)16-9-3-2-4-10-16/h2-4,9-13,15,21H,5-8H2,1H3. The van der Waals surface area contributed by atoms with Gasteiger partial charge in [0.1, 0.15) is 0 Å². The van der Waals surface area contributed by atoms with Gasteiger partial charge < -0.3 is 4.90 Å². The molecule has 0 atom stereocenters. The minimum absolute atomic E-state index is 0.158. The highest BCUT2D eigenvalue weighted by molar-refractivity contribution is 7.92. The second-order valence-corrected chi connectivity index (χ2v) is 8.56. The van der Waals surface area contributed by atoms with E-state index in [0.29, 0.717) is 16.3 Å². The summed E-state index contributed by atoms with van der Waals surface area (Å²) in [5, 5.41) is 0.308. The van der Waals surface area contributed by atoms with E-state index < -0.39 is 10.0 Å². The third kappa shape index (κ3) is 4.02. The van der Waals surface area contributed by atoms with Crippen LogP contribution in [0.3, 0.4) is 0 Å². The van der Waals surface area contributed by atoms with Crippen molar-refractivity contribution in [2.45, 2.75) is 36.6 Å². The first-order valence-corrected chi connectivity index (χ1v) is 10.4. The van der Waals surface area contributed by atoms with Crippen LogP contribution >= 0.6 is 11.6 Å². The Kier molecular flexibility index (Phi) is 5.53. The lowest BCUT2D eigenvalue weighted by molar-refractivity contribution is 0.0735. The van der Waals surface area contributed by atoms with Crippen molar-refractivity contribution in [1.29, 1.82) is 0 Å². The molecule has 1 fully saturated rings. The molecular formula is C19H21ClN2O3S. The van der Waals surface area contributed by atoms with E-state index in [1.807, 2.05) is 0 Å². The van der Waals surface area contributed by atoms with E-state index in [4.69, 9.17) is 11.6 Å². The number of benzene rings is 2. The highest BCUT2D eigenvalue weighted by atomic mass is 35.5. The zero-order valence-corrected chi connectivity index (χ0v) is 16.1. The number of carbonyl (C=O) groups is 1. The molecule has 5 nitrogen and oxygen atoms in total. The zero-order chi connectivity index (χ0) is 18.7. The Labute approximate surface area is 159 Å². The van der Waals surface area contributed by atoms with Crippen LogP contribution in [-0.4, -0.2) is 32.3 Å². The number of carbonyl (C=O) groups excluding carboxylic acids is 1. The molecule has 138 valence electrons. The third-order valence-electron chi connectivity index (χ3n) is 4.70. The summed E-state index contributed by atoms with van der Waals surface area (Å²) in [6.07, 6.45) is 4.21. The molecule has 26 heavy (non-hydrogen) atoms. The largest absolute Gasteiger partial charge is 0.339 e. The van der Waals surface area contributed by atoms with E-state index in [1.54, 1.807) is 42.3 Å². The lowest BCUT2D eigenvalue weighted by Gasteiger charge is -2.25. The molecule has 0 unspecified atom stereocenters. The van der Waals surface area contributed by atoms with Crippen LogP contribution in [0.1, 0.15) is 36.0 Å². The van der Waals surface area contributed by atoms with Gasteiger partial charge in [-0.25, -0.2) is 8.42 Å². The van der Waals surface area contributed by atoms with Crippen LogP contribution in [0.15, 0.2) is 53.4 Å². The topological polar surface area (TPSA) is 66.5 Å². The molecule has 0 aromatic heterocycles. The van der Waals surface area contributed by atoms with Gasteiger partial charge in [0.15, 0.2) is 0 Å². The number of anilines is 1. The molecule has 0 aliphatic heterocycles. The summed E-state index contributed by atoms with van der Waals surface area (Å²) in [6, 6.07) is 12.9. The van der Waals surface area contributed by atoms with Crippen LogP contribution < -0.4 is 4.72 Å². The first-order valence-electron chi connectivity index (χ1n) is 8.53. The van der Waals surface area contributed by atoms with E-state index >= 15 is 0 Å². The molecule has 1 aliphatic rings. The van der Waals surface area contributed by atoms with Crippen LogP contribution in [-0.2, 0) is 10.0 Å².